The van der Waals surface area contributed by atoms with Crippen LogP contribution >= 0.6 is 0 Å². The summed E-state index contributed by atoms with van der Waals surface area (Å²) in [5.41, 5.74) is 0.713. The van der Waals surface area contributed by atoms with Gasteiger partial charge in [-0.05, 0) is 40.0 Å². The van der Waals surface area contributed by atoms with E-state index in [2.05, 4.69) is 39.3 Å². The van der Waals surface area contributed by atoms with Crippen LogP contribution in [0.5, 0.6) is 0 Å². The van der Waals surface area contributed by atoms with Gasteiger partial charge in [-0.15, -0.1) is 0 Å². The molecule has 0 aliphatic carbocycles. The molecule has 0 spiro atoms. The summed E-state index contributed by atoms with van der Waals surface area (Å²) in [4.78, 5) is 24.8. The van der Waals surface area contributed by atoms with E-state index in [9.17, 15) is 4.79 Å². The molecule has 1 atom stereocenters. The molecule has 0 saturated carbocycles. The van der Waals surface area contributed by atoms with Gasteiger partial charge >= 0.3 is 6.09 Å². The number of carbonyl (C=O) groups excluding carboxylic acids is 1. The summed E-state index contributed by atoms with van der Waals surface area (Å²) in [5, 5.41) is 6.81. The molecule has 2 aromatic rings. The highest BCUT2D eigenvalue weighted by Crippen LogP contribution is 2.22. The number of aryl methyl sites for hydroxylation is 1. The molecule has 2 aromatic heterocycles. The van der Waals surface area contributed by atoms with Gasteiger partial charge in [0.25, 0.3) is 5.89 Å². The van der Waals surface area contributed by atoms with E-state index in [1.165, 1.54) is 0 Å². The first kappa shape index (κ1) is 18.8. The van der Waals surface area contributed by atoms with Gasteiger partial charge in [0.05, 0.1) is 17.9 Å². The van der Waals surface area contributed by atoms with Crippen molar-refractivity contribution in [3.8, 4) is 11.6 Å². The quantitative estimate of drug-likeness (QED) is 0.883. The van der Waals surface area contributed by atoms with Gasteiger partial charge < -0.3 is 14.6 Å². The molecule has 0 radical (unpaired) electrons. The van der Waals surface area contributed by atoms with Crippen LogP contribution in [-0.2, 0) is 4.74 Å². The Balaban J connectivity index is 2.17. The van der Waals surface area contributed by atoms with Crippen molar-refractivity contribution in [3.05, 3.63) is 23.9 Å². The van der Waals surface area contributed by atoms with E-state index in [1.54, 1.807) is 12.4 Å². The molecule has 0 bridgehead atoms. The molecular formula is C17H25N5O3. The van der Waals surface area contributed by atoms with E-state index in [1.807, 2.05) is 27.7 Å². The third-order valence-corrected chi connectivity index (χ3v) is 3.15. The number of carbonyl (C=O) groups is 1. The molecule has 0 saturated heterocycles. The minimum absolute atomic E-state index is 0.266. The Morgan fingerprint density at radius 3 is 2.56 bits per heavy atom. The smallest absolute Gasteiger partial charge is 0.408 e. The number of hydrogen-bond acceptors (Lipinski definition) is 7. The summed E-state index contributed by atoms with van der Waals surface area (Å²) in [6, 6.07) is -0.411. The fraction of sp³-hybridized carbons (Fsp3) is 0.588. The number of amides is 1. The molecule has 0 aromatic carbocycles. The molecule has 8 nitrogen and oxygen atoms in total. The molecule has 0 aliphatic heterocycles. The van der Waals surface area contributed by atoms with Crippen molar-refractivity contribution >= 4 is 6.09 Å². The molecule has 1 amide bonds. The monoisotopic (exact) mass is 347 g/mol. The Labute approximate surface area is 147 Å². The molecular weight excluding hydrogens is 322 g/mol. The average molecular weight is 347 g/mol. The molecule has 0 fully saturated rings. The van der Waals surface area contributed by atoms with Gasteiger partial charge in [0.2, 0.25) is 0 Å². The predicted octanol–water partition coefficient (Wildman–Crippen LogP) is 3.45. The van der Waals surface area contributed by atoms with Crippen LogP contribution in [0.2, 0.25) is 0 Å². The van der Waals surface area contributed by atoms with E-state index in [4.69, 9.17) is 9.26 Å². The van der Waals surface area contributed by atoms with Crippen molar-refractivity contribution in [2.45, 2.75) is 59.6 Å². The summed E-state index contributed by atoms with van der Waals surface area (Å²) in [7, 11) is 0. The van der Waals surface area contributed by atoms with Crippen molar-refractivity contribution in [3.63, 3.8) is 0 Å². The van der Waals surface area contributed by atoms with Crippen molar-refractivity contribution in [1.29, 1.82) is 0 Å². The summed E-state index contributed by atoms with van der Waals surface area (Å²) in [6.45, 7) is 11.4. The van der Waals surface area contributed by atoms with Gasteiger partial charge in [-0.1, -0.05) is 19.0 Å². The summed E-state index contributed by atoms with van der Waals surface area (Å²) in [6.07, 6.45) is 3.34. The van der Waals surface area contributed by atoms with E-state index >= 15 is 0 Å². The molecule has 136 valence electrons. The Morgan fingerprint density at radius 2 is 2.00 bits per heavy atom. The number of nitrogens with zero attached hydrogens (tertiary/aromatic N) is 4. The summed E-state index contributed by atoms with van der Waals surface area (Å²) < 4.78 is 10.6. The van der Waals surface area contributed by atoms with Crippen molar-refractivity contribution < 1.29 is 14.1 Å². The fourth-order valence-electron chi connectivity index (χ4n) is 2.13. The number of rotatable bonds is 5. The van der Waals surface area contributed by atoms with E-state index in [0.29, 0.717) is 23.9 Å². The normalized spacial score (nSPS) is 12.9. The number of aromatic nitrogens is 4. The van der Waals surface area contributed by atoms with Gasteiger partial charge in [-0.3, -0.25) is 4.98 Å². The predicted molar refractivity (Wildman–Crippen MR) is 91.6 cm³/mol. The zero-order valence-electron chi connectivity index (χ0n) is 15.5. The van der Waals surface area contributed by atoms with E-state index < -0.39 is 17.7 Å². The Morgan fingerprint density at radius 1 is 1.28 bits per heavy atom. The highest BCUT2D eigenvalue weighted by molar-refractivity contribution is 5.68. The lowest BCUT2D eigenvalue weighted by atomic mass is 10.0. The molecule has 25 heavy (non-hydrogen) atoms. The third kappa shape index (κ3) is 5.81. The van der Waals surface area contributed by atoms with Crippen LogP contribution in [0.1, 0.15) is 58.6 Å². The highest BCUT2D eigenvalue weighted by atomic mass is 16.6. The SMILES string of the molecule is Cc1cnc(-c2nc([C@H](CC(C)C)NC(=O)OC(C)(C)C)no2)cn1. The van der Waals surface area contributed by atoms with Crippen molar-refractivity contribution in [1.82, 2.24) is 25.4 Å². The first-order valence-corrected chi connectivity index (χ1v) is 8.26. The maximum atomic E-state index is 12.1. The second-order valence-electron chi connectivity index (χ2n) is 7.33. The van der Waals surface area contributed by atoms with Gasteiger partial charge in [0, 0.05) is 6.20 Å². The van der Waals surface area contributed by atoms with Gasteiger partial charge in [0.1, 0.15) is 11.3 Å². The molecule has 0 aliphatic rings. The molecule has 1 N–H and O–H groups in total. The number of ether oxygens (including phenoxy) is 1. The lowest BCUT2D eigenvalue weighted by Crippen LogP contribution is -2.35. The molecule has 2 heterocycles. The molecule has 0 unspecified atom stereocenters. The fourth-order valence-corrected chi connectivity index (χ4v) is 2.13. The van der Waals surface area contributed by atoms with Crippen LogP contribution in [0.4, 0.5) is 4.79 Å². The van der Waals surface area contributed by atoms with Crippen molar-refractivity contribution in [2.24, 2.45) is 5.92 Å². The summed E-state index contributed by atoms with van der Waals surface area (Å²) in [5.74, 6) is 0.972. The van der Waals surface area contributed by atoms with Gasteiger partial charge in [-0.2, -0.15) is 4.98 Å². The first-order chi connectivity index (χ1) is 11.6. The van der Waals surface area contributed by atoms with Crippen LogP contribution in [-0.4, -0.2) is 31.8 Å². The standard InChI is InChI=1S/C17H25N5O3/c1-10(2)7-12(20-16(23)24-17(4,5)6)14-21-15(25-22-14)13-9-18-11(3)8-19-13/h8-10,12H,7H2,1-6H3,(H,20,23)/t12-/m0/s1. The van der Waals surface area contributed by atoms with Crippen LogP contribution in [0.3, 0.4) is 0 Å². The van der Waals surface area contributed by atoms with Crippen molar-refractivity contribution in [2.75, 3.05) is 0 Å². The molecule has 2 rings (SSSR count). The maximum absolute atomic E-state index is 12.1. The minimum atomic E-state index is -0.577. The zero-order valence-corrected chi connectivity index (χ0v) is 15.5. The van der Waals surface area contributed by atoms with Gasteiger partial charge in [0.15, 0.2) is 5.82 Å². The van der Waals surface area contributed by atoms with Crippen LogP contribution in [0, 0.1) is 12.8 Å². The average Bonchev–Trinajstić information content (AvgIpc) is 2.94. The topological polar surface area (TPSA) is 103 Å². The maximum Gasteiger partial charge on any atom is 0.408 e. The lowest BCUT2D eigenvalue weighted by molar-refractivity contribution is 0.0494. The first-order valence-electron chi connectivity index (χ1n) is 8.26. The highest BCUT2D eigenvalue weighted by Gasteiger charge is 2.25. The summed E-state index contributed by atoms with van der Waals surface area (Å²) >= 11 is 0. The van der Waals surface area contributed by atoms with Crippen LogP contribution < -0.4 is 5.32 Å². The van der Waals surface area contributed by atoms with Crippen LogP contribution in [0.25, 0.3) is 11.6 Å². The van der Waals surface area contributed by atoms with E-state index in [0.717, 1.165) is 5.69 Å². The zero-order chi connectivity index (χ0) is 18.6. The van der Waals surface area contributed by atoms with Gasteiger partial charge in [-0.25, -0.2) is 9.78 Å². The Bertz CT molecular complexity index is 704. The Hall–Kier alpha value is -2.51. The third-order valence-electron chi connectivity index (χ3n) is 3.15. The number of hydrogen-bond donors (Lipinski definition) is 1. The largest absolute Gasteiger partial charge is 0.444 e. The molecule has 8 heteroatoms. The lowest BCUT2D eigenvalue weighted by Gasteiger charge is -2.23. The Kier molecular flexibility index (Phi) is 5.71. The van der Waals surface area contributed by atoms with Crippen LogP contribution in [0.15, 0.2) is 16.9 Å². The minimum Gasteiger partial charge on any atom is -0.444 e. The second-order valence-corrected chi connectivity index (χ2v) is 7.33. The second kappa shape index (κ2) is 7.58. The van der Waals surface area contributed by atoms with E-state index in [-0.39, 0.29) is 5.89 Å². The number of alkyl carbamates (subject to hydrolysis) is 1. The number of nitrogens with one attached hydrogen (secondary N) is 1.